The highest BCUT2D eigenvalue weighted by molar-refractivity contribution is 6.00. The predicted octanol–water partition coefficient (Wildman–Crippen LogP) is 3.86. The second-order valence-corrected chi connectivity index (χ2v) is 8.53. The molecule has 1 saturated heterocycles. The maximum absolute atomic E-state index is 15.1. The van der Waals surface area contributed by atoms with Crippen molar-refractivity contribution in [1.29, 1.82) is 0 Å². The zero-order valence-corrected chi connectivity index (χ0v) is 20.0. The van der Waals surface area contributed by atoms with E-state index < -0.39 is 5.82 Å². The van der Waals surface area contributed by atoms with Crippen molar-refractivity contribution in [1.82, 2.24) is 15.0 Å². The monoisotopic (exact) mass is 499 g/mol. The topological polar surface area (TPSA) is 118 Å². The number of nitrogens with two attached hydrogens (primary N) is 1. The smallest absolute Gasteiger partial charge is 0.247 e. The number of nitrogens with zero attached hydrogens (tertiary/aromatic N) is 4. The van der Waals surface area contributed by atoms with Gasteiger partial charge < -0.3 is 26.0 Å². The van der Waals surface area contributed by atoms with E-state index in [0.29, 0.717) is 59.0 Å². The van der Waals surface area contributed by atoms with Crippen molar-refractivity contribution in [3.8, 4) is 11.1 Å². The Morgan fingerprint density at radius 2 is 2.08 bits per heavy atom. The van der Waals surface area contributed by atoms with E-state index in [-0.39, 0.29) is 12.0 Å². The van der Waals surface area contributed by atoms with Gasteiger partial charge in [-0.05, 0) is 48.0 Å². The zero-order chi connectivity index (χ0) is 25.8. The number of fused-ring (bicyclic) bond motifs is 1. The lowest BCUT2D eigenvalue weighted by Gasteiger charge is -2.33. The van der Waals surface area contributed by atoms with Crippen LogP contribution in [0.1, 0.15) is 0 Å². The Labute approximate surface area is 213 Å². The van der Waals surface area contributed by atoms with Gasteiger partial charge >= 0.3 is 0 Å². The molecule has 0 unspecified atom stereocenters. The molecular formula is C27H26FN7O2. The maximum atomic E-state index is 15.1. The van der Waals surface area contributed by atoms with E-state index in [9.17, 15) is 4.79 Å². The number of nitrogens with one attached hydrogen (secondary N) is 2. The summed E-state index contributed by atoms with van der Waals surface area (Å²) in [7, 11) is 0. The minimum absolute atomic E-state index is 0.00658. The summed E-state index contributed by atoms with van der Waals surface area (Å²) in [5.74, 6) is 0.354. The van der Waals surface area contributed by atoms with Gasteiger partial charge in [0.15, 0.2) is 0 Å². The number of morpholine rings is 1. The van der Waals surface area contributed by atoms with Crippen LogP contribution >= 0.6 is 0 Å². The van der Waals surface area contributed by atoms with Gasteiger partial charge in [0, 0.05) is 42.5 Å². The summed E-state index contributed by atoms with van der Waals surface area (Å²) >= 11 is 0. The molecule has 3 heterocycles. The Kier molecular flexibility index (Phi) is 7.02. The van der Waals surface area contributed by atoms with Crippen LogP contribution in [0.3, 0.4) is 0 Å². The number of hydrogen-bond acceptors (Lipinski definition) is 8. The minimum atomic E-state index is -0.434. The number of benzene rings is 2. The van der Waals surface area contributed by atoms with Crippen molar-refractivity contribution in [2.75, 3.05) is 41.8 Å². The van der Waals surface area contributed by atoms with Gasteiger partial charge in [-0.2, -0.15) is 0 Å². The number of rotatable bonds is 7. The number of ether oxygens (including phenoxy) is 1. The molecule has 37 heavy (non-hydrogen) atoms. The second-order valence-electron chi connectivity index (χ2n) is 8.53. The number of carbonyl (C=O) groups is 1. The van der Waals surface area contributed by atoms with Gasteiger partial charge in [-0.15, -0.1) is 0 Å². The third-order valence-electron chi connectivity index (χ3n) is 6.04. The number of halogens is 1. The lowest BCUT2D eigenvalue weighted by atomic mass is 10.0. The number of hydrogen-bond donors (Lipinski definition) is 3. The normalized spacial score (nSPS) is 15.4. The standard InChI is InChI=1S/C27H26FN7O2/c1-2-24(36)32-19-5-3-4-17(12-19)25-22(28)8-6-18-14-31-27(34-26(18)25)33-20-7-9-23(30-15-20)35-10-11-37-21(13-29)16-35/h2-9,12,14-15,21H,1,10-11,13,16,29H2,(H,32,36)(H,31,33,34)/t21-/m1/s1. The Morgan fingerprint density at radius 3 is 2.86 bits per heavy atom. The molecule has 0 radical (unpaired) electrons. The van der Waals surface area contributed by atoms with Crippen LogP contribution in [0.4, 0.5) is 27.5 Å². The molecule has 0 aliphatic carbocycles. The van der Waals surface area contributed by atoms with E-state index in [1.165, 1.54) is 12.1 Å². The first kappa shape index (κ1) is 24.3. The Hall–Kier alpha value is -4.41. The summed E-state index contributed by atoms with van der Waals surface area (Å²) in [6.45, 7) is 5.97. The van der Waals surface area contributed by atoms with Gasteiger partial charge in [0.2, 0.25) is 11.9 Å². The summed E-state index contributed by atoms with van der Waals surface area (Å²) in [5, 5.41) is 6.53. The van der Waals surface area contributed by atoms with E-state index in [0.717, 1.165) is 12.4 Å². The second kappa shape index (κ2) is 10.7. The van der Waals surface area contributed by atoms with Gasteiger partial charge in [0.1, 0.15) is 11.6 Å². The van der Waals surface area contributed by atoms with Crippen LogP contribution in [0.5, 0.6) is 0 Å². The number of carbonyl (C=O) groups excluding carboxylic acids is 1. The van der Waals surface area contributed by atoms with E-state index in [1.54, 1.807) is 42.7 Å². The van der Waals surface area contributed by atoms with Crippen molar-refractivity contribution in [3.05, 3.63) is 79.4 Å². The molecule has 0 bridgehead atoms. The molecule has 0 saturated carbocycles. The van der Waals surface area contributed by atoms with Crippen LogP contribution in [0, 0.1) is 5.82 Å². The number of anilines is 4. The predicted molar refractivity (Wildman–Crippen MR) is 142 cm³/mol. The molecule has 1 atom stereocenters. The third-order valence-corrected chi connectivity index (χ3v) is 6.04. The number of pyridine rings is 1. The van der Waals surface area contributed by atoms with Crippen molar-refractivity contribution < 1.29 is 13.9 Å². The molecule has 1 amide bonds. The molecule has 10 heteroatoms. The molecule has 2 aromatic heterocycles. The quantitative estimate of drug-likeness (QED) is 0.328. The average Bonchev–Trinajstić information content (AvgIpc) is 2.93. The fraction of sp³-hybridized carbons (Fsp3) is 0.185. The zero-order valence-electron chi connectivity index (χ0n) is 20.0. The Morgan fingerprint density at radius 1 is 1.19 bits per heavy atom. The van der Waals surface area contributed by atoms with Gasteiger partial charge in [-0.1, -0.05) is 18.7 Å². The van der Waals surface area contributed by atoms with Crippen LogP contribution in [0.2, 0.25) is 0 Å². The number of amides is 1. The fourth-order valence-corrected chi connectivity index (χ4v) is 4.20. The van der Waals surface area contributed by atoms with E-state index >= 15 is 4.39 Å². The molecular weight excluding hydrogens is 473 g/mol. The van der Waals surface area contributed by atoms with Crippen molar-refractivity contribution in [3.63, 3.8) is 0 Å². The van der Waals surface area contributed by atoms with Gasteiger partial charge in [-0.3, -0.25) is 4.79 Å². The summed E-state index contributed by atoms with van der Waals surface area (Å²) in [6.07, 6.45) is 4.51. The first-order valence-electron chi connectivity index (χ1n) is 11.8. The van der Waals surface area contributed by atoms with Crippen LogP contribution in [-0.4, -0.2) is 53.2 Å². The average molecular weight is 500 g/mol. The molecule has 9 nitrogen and oxygen atoms in total. The lowest BCUT2D eigenvalue weighted by molar-refractivity contribution is -0.111. The van der Waals surface area contributed by atoms with Crippen LogP contribution in [-0.2, 0) is 9.53 Å². The molecule has 1 fully saturated rings. The fourth-order valence-electron chi connectivity index (χ4n) is 4.20. The SMILES string of the molecule is C=CC(=O)Nc1cccc(-c2c(F)ccc3cnc(Nc4ccc(N5CCO[C@H](CN)C5)nc4)nc23)c1. The maximum Gasteiger partial charge on any atom is 0.247 e. The van der Waals surface area contributed by atoms with Crippen molar-refractivity contribution in [2.24, 2.45) is 5.73 Å². The molecule has 0 spiro atoms. The molecule has 5 rings (SSSR count). The highest BCUT2D eigenvalue weighted by Crippen LogP contribution is 2.32. The first-order valence-corrected chi connectivity index (χ1v) is 11.8. The molecule has 188 valence electrons. The lowest BCUT2D eigenvalue weighted by Crippen LogP contribution is -2.46. The van der Waals surface area contributed by atoms with Crippen molar-refractivity contribution >= 4 is 40.0 Å². The summed E-state index contributed by atoms with van der Waals surface area (Å²) < 4.78 is 20.7. The van der Waals surface area contributed by atoms with Crippen molar-refractivity contribution in [2.45, 2.75) is 6.10 Å². The highest BCUT2D eigenvalue weighted by Gasteiger charge is 2.20. The molecule has 2 aromatic carbocycles. The largest absolute Gasteiger partial charge is 0.373 e. The van der Waals surface area contributed by atoms with E-state index in [1.807, 2.05) is 12.1 Å². The van der Waals surface area contributed by atoms with E-state index in [4.69, 9.17) is 10.5 Å². The third kappa shape index (κ3) is 5.40. The summed E-state index contributed by atoms with van der Waals surface area (Å²) in [6, 6.07) is 13.7. The van der Waals surface area contributed by atoms with Gasteiger partial charge in [-0.25, -0.2) is 19.3 Å². The van der Waals surface area contributed by atoms with Crippen LogP contribution < -0.4 is 21.3 Å². The summed E-state index contributed by atoms with van der Waals surface area (Å²) in [5.41, 5.74) is 8.28. The Bertz CT molecular complexity index is 1440. The van der Waals surface area contributed by atoms with Gasteiger partial charge in [0.25, 0.3) is 0 Å². The molecule has 4 N–H and O–H groups in total. The van der Waals surface area contributed by atoms with E-state index in [2.05, 4.69) is 37.1 Å². The first-order chi connectivity index (χ1) is 18.0. The highest BCUT2D eigenvalue weighted by atomic mass is 19.1. The number of aromatic nitrogens is 3. The molecule has 1 aliphatic heterocycles. The molecule has 4 aromatic rings. The minimum Gasteiger partial charge on any atom is -0.373 e. The van der Waals surface area contributed by atoms with Crippen LogP contribution in [0.25, 0.3) is 22.0 Å². The summed E-state index contributed by atoms with van der Waals surface area (Å²) in [4.78, 5) is 27.4. The van der Waals surface area contributed by atoms with Gasteiger partial charge in [0.05, 0.1) is 30.1 Å². The molecule has 1 aliphatic rings. The Balaban J connectivity index is 1.42. The van der Waals surface area contributed by atoms with Crippen LogP contribution in [0.15, 0.2) is 73.6 Å².